The Hall–Kier alpha value is -0.160. The molecule has 0 radical (unpaired) electrons. The van der Waals surface area contributed by atoms with E-state index in [0.29, 0.717) is 19.6 Å². The van der Waals surface area contributed by atoms with Crippen molar-refractivity contribution in [1.82, 2.24) is 5.06 Å². The van der Waals surface area contributed by atoms with Crippen LogP contribution in [0, 0.1) is 5.41 Å². The predicted molar refractivity (Wildman–Crippen MR) is 82.9 cm³/mol. The third-order valence-electron chi connectivity index (χ3n) is 3.44. The van der Waals surface area contributed by atoms with Gasteiger partial charge >= 0.3 is 0 Å². The minimum atomic E-state index is -0.802. The van der Waals surface area contributed by atoms with Crippen molar-refractivity contribution in [3.63, 3.8) is 0 Å². The van der Waals surface area contributed by atoms with Crippen LogP contribution in [0.4, 0.5) is 0 Å². The number of nitrogens with zero attached hydrogens (tertiary/aromatic N) is 1. The lowest BCUT2D eigenvalue weighted by molar-refractivity contribution is -0.339. The maximum absolute atomic E-state index is 10.8. The summed E-state index contributed by atoms with van der Waals surface area (Å²) < 4.78 is 12.0. The molecule has 0 aromatic carbocycles. The van der Waals surface area contributed by atoms with E-state index in [1.54, 1.807) is 0 Å². The smallest absolute Gasteiger partial charge is 0.186 e. The Morgan fingerprint density at radius 1 is 0.900 bits per heavy atom. The average Bonchev–Trinajstić information content (AvgIpc) is 2.26. The lowest BCUT2D eigenvalue weighted by atomic mass is 9.78. The molecule has 0 rings (SSSR count). The summed E-state index contributed by atoms with van der Waals surface area (Å²) >= 11 is 0. The van der Waals surface area contributed by atoms with Gasteiger partial charge in [-0.05, 0) is 40.0 Å². The van der Waals surface area contributed by atoms with E-state index in [-0.39, 0.29) is 17.0 Å². The van der Waals surface area contributed by atoms with Crippen molar-refractivity contribution in [3.8, 4) is 0 Å². The molecular formula is C16H35NO3. The first-order valence-corrected chi connectivity index (χ1v) is 7.72. The second kappa shape index (κ2) is 7.21. The van der Waals surface area contributed by atoms with Gasteiger partial charge in [0.15, 0.2) is 5.79 Å². The molecule has 0 bridgehead atoms. The molecule has 0 heterocycles. The normalized spacial score (nSPS) is 15.8. The van der Waals surface area contributed by atoms with Crippen molar-refractivity contribution < 1.29 is 14.7 Å². The van der Waals surface area contributed by atoms with Crippen LogP contribution in [-0.2, 0) is 9.47 Å². The molecule has 20 heavy (non-hydrogen) atoms. The SMILES string of the molecule is CCOC(CC)(OCC)C(N(O)C(C)(C)C)C(C)(C)C. The number of hydroxylamine groups is 2. The first kappa shape index (κ1) is 19.8. The number of hydrogen-bond acceptors (Lipinski definition) is 4. The van der Waals surface area contributed by atoms with Gasteiger partial charge in [-0.3, -0.25) is 0 Å². The highest BCUT2D eigenvalue weighted by Gasteiger charge is 2.51. The summed E-state index contributed by atoms with van der Waals surface area (Å²) in [5.41, 5.74) is -0.574. The lowest BCUT2D eigenvalue weighted by Gasteiger charge is -2.51. The van der Waals surface area contributed by atoms with E-state index in [1.165, 1.54) is 5.06 Å². The van der Waals surface area contributed by atoms with Crippen LogP contribution in [0.2, 0.25) is 0 Å². The van der Waals surface area contributed by atoms with Gasteiger partial charge in [-0.15, -0.1) is 0 Å². The topological polar surface area (TPSA) is 41.9 Å². The van der Waals surface area contributed by atoms with E-state index >= 15 is 0 Å². The van der Waals surface area contributed by atoms with Crippen molar-refractivity contribution >= 4 is 0 Å². The molecule has 1 atom stereocenters. The Labute approximate surface area is 125 Å². The summed E-state index contributed by atoms with van der Waals surface area (Å²) in [6, 6.07) is -0.264. The maximum Gasteiger partial charge on any atom is 0.186 e. The third-order valence-corrected chi connectivity index (χ3v) is 3.44. The molecule has 0 aliphatic rings. The molecule has 0 amide bonds. The van der Waals surface area contributed by atoms with E-state index in [4.69, 9.17) is 9.47 Å². The molecule has 0 aliphatic heterocycles. The summed E-state index contributed by atoms with van der Waals surface area (Å²) in [5.74, 6) is -0.802. The van der Waals surface area contributed by atoms with Gasteiger partial charge in [-0.1, -0.05) is 27.7 Å². The van der Waals surface area contributed by atoms with Crippen LogP contribution in [-0.4, -0.2) is 40.9 Å². The first-order chi connectivity index (χ1) is 8.96. The molecule has 1 unspecified atom stereocenters. The molecule has 4 heteroatoms. The largest absolute Gasteiger partial charge is 0.349 e. The van der Waals surface area contributed by atoms with E-state index in [9.17, 15) is 5.21 Å². The maximum atomic E-state index is 10.8. The van der Waals surface area contributed by atoms with Crippen LogP contribution < -0.4 is 0 Å². The quantitative estimate of drug-likeness (QED) is 0.566. The van der Waals surface area contributed by atoms with Crippen molar-refractivity contribution in [2.24, 2.45) is 5.41 Å². The van der Waals surface area contributed by atoms with Gasteiger partial charge in [0, 0.05) is 25.2 Å². The standard InChI is InChI=1S/C16H35NO3/c1-10-16(19-11-2,20-12-3)13(14(4,5)6)17(18)15(7,8)9/h13,18H,10-12H2,1-9H3. The van der Waals surface area contributed by atoms with Gasteiger partial charge in [0.25, 0.3) is 0 Å². The van der Waals surface area contributed by atoms with Crippen LogP contribution in [0.1, 0.15) is 68.7 Å². The third kappa shape index (κ3) is 4.69. The summed E-state index contributed by atoms with van der Waals surface area (Å²) in [6.07, 6.45) is 0.684. The first-order valence-electron chi connectivity index (χ1n) is 7.72. The monoisotopic (exact) mass is 289 g/mol. The van der Waals surface area contributed by atoms with Crippen LogP contribution in [0.25, 0.3) is 0 Å². The fourth-order valence-electron chi connectivity index (χ4n) is 2.69. The predicted octanol–water partition coefficient (Wildman–Crippen LogP) is 4.07. The molecular weight excluding hydrogens is 254 g/mol. The second-order valence-electron chi connectivity index (χ2n) is 7.32. The fourth-order valence-corrected chi connectivity index (χ4v) is 2.69. The molecule has 0 saturated carbocycles. The molecule has 0 fully saturated rings. The lowest BCUT2D eigenvalue weighted by Crippen LogP contribution is -2.64. The van der Waals surface area contributed by atoms with Gasteiger partial charge < -0.3 is 14.7 Å². The fraction of sp³-hybridized carbons (Fsp3) is 1.00. The Balaban J connectivity index is 5.78. The van der Waals surface area contributed by atoms with Gasteiger partial charge in [0.05, 0.1) is 6.04 Å². The highest BCUT2D eigenvalue weighted by atomic mass is 16.7. The zero-order chi connectivity index (χ0) is 16.2. The van der Waals surface area contributed by atoms with E-state index in [0.717, 1.165) is 0 Å². The Morgan fingerprint density at radius 3 is 1.50 bits per heavy atom. The van der Waals surface area contributed by atoms with Gasteiger partial charge in [-0.2, -0.15) is 5.06 Å². The summed E-state index contributed by atoms with van der Waals surface area (Å²) in [5, 5.41) is 12.2. The molecule has 0 aromatic heterocycles. The van der Waals surface area contributed by atoms with Crippen LogP contribution >= 0.6 is 0 Å². The second-order valence-corrected chi connectivity index (χ2v) is 7.32. The van der Waals surface area contributed by atoms with Gasteiger partial charge in [0.1, 0.15) is 0 Å². The molecule has 0 aliphatic carbocycles. The molecule has 4 nitrogen and oxygen atoms in total. The number of rotatable bonds is 7. The highest BCUT2D eigenvalue weighted by molar-refractivity contribution is 4.96. The van der Waals surface area contributed by atoms with Crippen molar-refractivity contribution in [2.45, 2.75) is 86.1 Å². The van der Waals surface area contributed by atoms with Crippen molar-refractivity contribution in [1.29, 1.82) is 0 Å². The minimum Gasteiger partial charge on any atom is -0.349 e. The zero-order valence-corrected chi connectivity index (χ0v) is 14.9. The Bertz CT molecular complexity index is 272. The molecule has 0 spiro atoms. The summed E-state index contributed by atoms with van der Waals surface area (Å²) in [6.45, 7) is 19.4. The Kier molecular flexibility index (Phi) is 7.15. The molecule has 1 N–H and O–H groups in total. The van der Waals surface area contributed by atoms with E-state index in [2.05, 4.69) is 20.8 Å². The number of ether oxygens (including phenoxy) is 2. The van der Waals surface area contributed by atoms with E-state index in [1.807, 2.05) is 41.5 Å². The average molecular weight is 289 g/mol. The zero-order valence-electron chi connectivity index (χ0n) is 14.9. The van der Waals surface area contributed by atoms with Crippen LogP contribution in [0.15, 0.2) is 0 Å². The van der Waals surface area contributed by atoms with E-state index < -0.39 is 5.79 Å². The number of hydrogen-bond donors (Lipinski definition) is 1. The molecule has 0 aromatic rings. The molecule has 0 saturated heterocycles. The van der Waals surface area contributed by atoms with Gasteiger partial charge in [0.2, 0.25) is 0 Å². The minimum absolute atomic E-state index is 0.192. The summed E-state index contributed by atoms with van der Waals surface area (Å²) in [7, 11) is 0. The van der Waals surface area contributed by atoms with Crippen LogP contribution in [0.3, 0.4) is 0 Å². The molecule has 122 valence electrons. The summed E-state index contributed by atoms with van der Waals surface area (Å²) in [4.78, 5) is 0. The van der Waals surface area contributed by atoms with Crippen molar-refractivity contribution in [2.75, 3.05) is 13.2 Å². The van der Waals surface area contributed by atoms with Gasteiger partial charge in [-0.25, -0.2) is 0 Å². The highest BCUT2D eigenvalue weighted by Crippen LogP contribution is 2.39. The Morgan fingerprint density at radius 2 is 1.30 bits per heavy atom. The van der Waals surface area contributed by atoms with Crippen LogP contribution in [0.5, 0.6) is 0 Å². The van der Waals surface area contributed by atoms with Crippen molar-refractivity contribution in [3.05, 3.63) is 0 Å².